The molecule has 2 rings (SSSR count). The van der Waals surface area contributed by atoms with Crippen LogP contribution >= 0.6 is 0 Å². The standard InChI is InChI=1S/C13H19N3O3S.H2/c1-8(2)12(9(3)17)13(14)11-6-7-16(15-11)20(18,19)10-4-5-10;/h6-8,10H,4-5,14H2,1-3H3;1H/b13-12-;. The van der Waals surface area contributed by atoms with Crippen LogP contribution in [-0.4, -0.2) is 28.6 Å². The van der Waals surface area contributed by atoms with Gasteiger partial charge in [0.25, 0.3) is 10.0 Å². The maximum absolute atomic E-state index is 12.0. The third-order valence-corrected chi connectivity index (χ3v) is 5.33. The molecule has 6 nitrogen and oxygen atoms in total. The summed E-state index contributed by atoms with van der Waals surface area (Å²) < 4.78 is 25.1. The molecule has 0 aromatic carbocycles. The van der Waals surface area contributed by atoms with Gasteiger partial charge in [0.05, 0.1) is 10.9 Å². The van der Waals surface area contributed by atoms with Crippen molar-refractivity contribution in [3.63, 3.8) is 0 Å². The maximum Gasteiger partial charge on any atom is 0.256 e. The van der Waals surface area contributed by atoms with Crippen LogP contribution in [0.15, 0.2) is 17.8 Å². The van der Waals surface area contributed by atoms with Crippen LogP contribution in [-0.2, 0) is 14.8 Å². The molecule has 1 aromatic rings. The van der Waals surface area contributed by atoms with Gasteiger partial charge in [0, 0.05) is 13.2 Å². The molecule has 2 N–H and O–H groups in total. The predicted octanol–water partition coefficient (Wildman–Crippen LogP) is 1.38. The van der Waals surface area contributed by atoms with Gasteiger partial charge in [-0.2, -0.15) is 9.19 Å². The zero-order chi connectivity index (χ0) is 15.1. The summed E-state index contributed by atoms with van der Waals surface area (Å²) >= 11 is 0. The summed E-state index contributed by atoms with van der Waals surface area (Å²) in [5.74, 6) is -0.171. The van der Waals surface area contributed by atoms with Crippen LogP contribution in [0.4, 0.5) is 0 Å². The lowest BCUT2D eigenvalue weighted by atomic mass is 9.96. The minimum Gasteiger partial charge on any atom is -0.397 e. The van der Waals surface area contributed by atoms with Crippen LogP contribution in [0, 0.1) is 5.92 Å². The lowest BCUT2D eigenvalue weighted by Gasteiger charge is -2.11. The highest BCUT2D eigenvalue weighted by atomic mass is 32.2. The van der Waals surface area contributed by atoms with Crippen molar-refractivity contribution in [3.8, 4) is 0 Å². The molecule has 0 aliphatic heterocycles. The smallest absolute Gasteiger partial charge is 0.256 e. The van der Waals surface area contributed by atoms with Gasteiger partial charge in [-0.25, -0.2) is 8.42 Å². The molecule has 1 aromatic heterocycles. The Morgan fingerprint density at radius 3 is 2.55 bits per heavy atom. The number of nitrogens with two attached hydrogens (primary N) is 1. The number of rotatable bonds is 5. The Balaban J connectivity index is 0.00000220. The lowest BCUT2D eigenvalue weighted by molar-refractivity contribution is -0.113. The van der Waals surface area contributed by atoms with Gasteiger partial charge >= 0.3 is 0 Å². The average Bonchev–Trinajstić information content (AvgIpc) is 3.06. The van der Waals surface area contributed by atoms with Crippen LogP contribution in [0.3, 0.4) is 0 Å². The highest BCUT2D eigenvalue weighted by Crippen LogP contribution is 2.30. The molecule has 0 saturated heterocycles. The van der Waals surface area contributed by atoms with Crippen molar-refractivity contribution in [2.75, 3.05) is 0 Å². The van der Waals surface area contributed by atoms with Gasteiger partial charge < -0.3 is 5.73 Å². The molecule has 0 bridgehead atoms. The molecule has 0 amide bonds. The van der Waals surface area contributed by atoms with Crippen molar-refractivity contribution in [2.45, 2.75) is 38.9 Å². The Labute approximate surface area is 120 Å². The van der Waals surface area contributed by atoms with E-state index in [1.165, 1.54) is 19.2 Å². The van der Waals surface area contributed by atoms with Gasteiger partial charge in [-0.3, -0.25) is 4.79 Å². The lowest BCUT2D eigenvalue weighted by Crippen LogP contribution is -2.19. The van der Waals surface area contributed by atoms with Gasteiger partial charge in [0.1, 0.15) is 5.69 Å². The molecule has 0 spiro atoms. The van der Waals surface area contributed by atoms with Gasteiger partial charge in [-0.15, -0.1) is 0 Å². The van der Waals surface area contributed by atoms with E-state index in [2.05, 4.69) is 5.10 Å². The summed E-state index contributed by atoms with van der Waals surface area (Å²) in [6.45, 7) is 5.17. The highest BCUT2D eigenvalue weighted by Gasteiger charge is 2.37. The molecule has 1 aliphatic carbocycles. The highest BCUT2D eigenvalue weighted by molar-refractivity contribution is 7.90. The summed E-state index contributed by atoms with van der Waals surface area (Å²) in [5.41, 5.74) is 7.02. The average molecular weight is 299 g/mol. The van der Waals surface area contributed by atoms with E-state index in [0.29, 0.717) is 24.1 Å². The van der Waals surface area contributed by atoms with Crippen molar-refractivity contribution in [3.05, 3.63) is 23.5 Å². The number of ketones is 1. The minimum absolute atomic E-state index is 0. The quantitative estimate of drug-likeness (QED) is 0.829. The van der Waals surface area contributed by atoms with Crippen molar-refractivity contribution in [2.24, 2.45) is 11.7 Å². The molecular formula is C13H21N3O3S. The number of nitrogens with zero attached hydrogens (tertiary/aromatic N) is 2. The number of Topliss-reactive ketones (excluding diaryl/α,β-unsaturated/α-hetero) is 1. The molecule has 0 atom stereocenters. The number of aromatic nitrogens is 2. The van der Waals surface area contributed by atoms with Gasteiger partial charge in [-0.1, -0.05) is 13.8 Å². The van der Waals surface area contributed by atoms with Gasteiger partial charge in [-0.05, 0) is 31.7 Å². The van der Waals surface area contributed by atoms with E-state index < -0.39 is 10.0 Å². The number of hydrogen-bond acceptors (Lipinski definition) is 5. The number of carbonyl (C=O) groups excluding carboxylic acids is 1. The summed E-state index contributed by atoms with van der Waals surface area (Å²) in [6.07, 6.45) is 2.73. The van der Waals surface area contributed by atoms with Crippen LogP contribution < -0.4 is 5.73 Å². The van der Waals surface area contributed by atoms with E-state index in [1.807, 2.05) is 13.8 Å². The molecule has 1 fully saturated rings. The normalized spacial score (nSPS) is 17.2. The Morgan fingerprint density at radius 2 is 2.10 bits per heavy atom. The van der Waals surface area contributed by atoms with Crippen molar-refractivity contribution >= 4 is 21.5 Å². The Morgan fingerprint density at radius 1 is 1.50 bits per heavy atom. The van der Waals surface area contributed by atoms with Crippen LogP contribution in [0.5, 0.6) is 0 Å². The van der Waals surface area contributed by atoms with Gasteiger partial charge in [0.2, 0.25) is 0 Å². The topological polar surface area (TPSA) is 95.0 Å². The van der Waals surface area contributed by atoms with Crippen LogP contribution in [0.1, 0.15) is 40.7 Å². The fourth-order valence-electron chi connectivity index (χ4n) is 2.16. The second-order valence-electron chi connectivity index (χ2n) is 5.36. The number of allylic oxidation sites excluding steroid dienone is 1. The second kappa shape index (κ2) is 5.05. The van der Waals surface area contributed by atoms with E-state index in [4.69, 9.17) is 5.73 Å². The van der Waals surface area contributed by atoms with E-state index >= 15 is 0 Å². The Bertz CT molecular complexity index is 673. The van der Waals surface area contributed by atoms with Crippen molar-refractivity contribution < 1.29 is 14.6 Å². The largest absolute Gasteiger partial charge is 0.397 e. The molecule has 0 unspecified atom stereocenters. The predicted molar refractivity (Wildman–Crippen MR) is 78.3 cm³/mol. The van der Waals surface area contributed by atoms with Crippen molar-refractivity contribution in [1.29, 1.82) is 0 Å². The molecule has 112 valence electrons. The summed E-state index contributed by atoms with van der Waals surface area (Å²) in [4.78, 5) is 11.6. The zero-order valence-corrected chi connectivity index (χ0v) is 12.6. The zero-order valence-electron chi connectivity index (χ0n) is 11.8. The molecular weight excluding hydrogens is 278 g/mol. The summed E-state index contributed by atoms with van der Waals surface area (Å²) in [6, 6.07) is 1.53. The summed E-state index contributed by atoms with van der Waals surface area (Å²) in [5, 5.41) is 3.69. The molecule has 0 radical (unpaired) electrons. The first-order chi connectivity index (χ1) is 9.25. The molecule has 1 heterocycles. The fraction of sp³-hybridized carbons (Fsp3) is 0.538. The molecule has 7 heteroatoms. The Kier molecular flexibility index (Phi) is 3.73. The first-order valence-corrected chi connectivity index (χ1v) is 8.06. The van der Waals surface area contributed by atoms with Gasteiger partial charge in [0.15, 0.2) is 5.78 Å². The van der Waals surface area contributed by atoms with Crippen LogP contribution in [0.2, 0.25) is 0 Å². The fourth-order valence-corrected chi connectivity index (χ4v) is 3.63. The summed E-state index contributed by atoms with van der Waals surface area (Å²) in [7, 11) is -3.40. The van der Waals surface area contributed by atoms with E-state index in [0.717, 1.165) is 4.09 Å². The second-order valence-corrected chi connectivity index (χ2v) is 7.43. The number of carbonyl (C=O) groups is 1. The third kappa shape index (κ3) is 2.63. The van der Waals surface area contributed by atoms with E-state index in [-0.39, 0.29) is 24.1 Å². The van der Waals surface area contributed by atoms with E-state index in [1.54, 1.807) is 0 Å². The SMILES string of the molecule is CC(=O)/C(=C(\N)c1ccn(S(=O)(=O)C2CC2)n1)C(C)C.[HH]. The third-order valence-electron chi connectivity index (χ3n) is 3.30. The molecule has 1 aliphatic rings. The Hall–Kier alpha value is -1.63. The van der Waals surface area contributed by atoms with E-state index in [9.17, 15) is 13.2 Å². The monoisotopic (exact) mass is 299 g/mol. The van der Waals surface area contributed by atoms with Crippen LogP contribution in [0.25, 0.3) is 5.70 Å². The minimum atomic E-state index is -3.40. The molecule has 20 heavy (non-hydrogen) atoms. The van der Waals surface area contributed by atoms with Crippen molar-refractivity contribution in [1.82, 2.24) is 9.19 Å². The first kappa shape index (κ1) is 14.8. The first-order valence-electron chi connectivity index (χ1n) is 6.56. The molecule has 1 saturated carbocycles. The number of hydrogen-bond donors (Lipinski definition) is 1. The maximum atomic E-state index is 12.0.